The lowest BCUT2D eigenvalue weighted by atomic mass is 10.0. The third-order valence-corrected chi connectivity index (χ3v) is 4.78. The average molecular weight is 416 g/mol. The first-order valence-corrected chi connectivity index (χ1v) is 8.87. The molecule has 2 aromatic carbocycles. The third kappa shape index (κ3) is 3.65. The highest BCUT2D eigenvalue weighted by molar-refractivity contribution is 9.10. The van der Waals surface area contributed by atoms with Crippen LogP contribution >= 0.6 is 15.9 Å². The summed E-state index contributed by atoms with van der Waals surface area (Å²) in [5.41, 5.74) is 7.91. The molecular weight excluding hydrogens is 398 g/mol. The van der Waals surface area contributed by atoms with Crippen LogP contribution in [0.1, 0.15) is 22.3 Å². The zero-order chi connectivity index (χ0) is 18.8. The highest BCUT2D eigenvalue weighted by atomic mass is 79.9. The van der Waals surface area contributed by atoms with Crippen LogP contribution in [0.15, 0.2) is 50.1 Å². The maximum atomic E-state index is 12.2. The van der Waals surface area contributed by atoms with Crippen molar-refractivity contribution in [2.24, 2.45) is 5.73 Å². The van der Waals surface area contributed by atoms with Crippen LogP contribution in [0.3, 0.4) is 0 Å². The standard InChI is InChI=1S/C20H18BrNO4/c1-11-15-6-7-17(25-10-13-4-3-5-14(21)8-13)12(2)19(15)26-20(24)16(11)9-18(22)23/h3-8H,9-10H2,1-2H3,(H2,22,23). The number of aryl methyl sites for hydroxylation is 2. The van der Waals surface area contributed by atoms with E-state index in [0.717, 1.165) is 21.0 Å². The lowest BCUT2D eigenvalue weighted by Gasteiger charge is -2.13. The van der Waals surface area contributed by atoms with E-state index in [4.69, 9.17) is 14.9 Å². The minimum Gasteiger partial charge on any atom is -0.488 e. The Bertz CT molecular complexity index is 1060. The maximum absolute atomic E-state index is 12.2. The van der Waals surface area contributed by atoms with Crippen LogP contribution in [0, 0.1) is 13.8 Å². The zero-order valence-corrected chi connectivity index (χ0v) is 16.1. The van der Waals surface area contributed by atoms with Crippen LogP contribution in [-0.2, 0) is 17.8 Å². The van der Waals surface area contributed by atoms with Gasteiger partial charge in [0.05, 0.1) is 12.0 Å². The maximum Gasteiger partial charge on any atom is 0.340 e. The number of benzene rings is 2. The summed E-state index contributed by atoms with van der Waals surface area (Å²) in [6.07, 6.45) is -0.135. The molecule has 2 N–H and O–H groups in total. The van der Waals surface area contributed by atoms with Gasteiger partial charge >= 0.3 is 5.63 Å². The molecule has 0 saturated carbocycles. The number of hydrogen-bond donors (Lipinski definition) is 1. The normalized spacial score (nSPS) is 10.9. The van der Waals surface area contributed by atoms with Crippen molar-refractivity contribution < 1.29 is 13.9 Å². The second kappa shape index (κ2) is 7.33. The molecule has 1 amide bonds. The molecule has 0 aliphatic carbocycles. The summed E-state index contributed by atoms with van der Waals surface area (Å²) in [7, 11) is 0. The predicted molar refractivity (Wildman–Crippen MR) is 103 cm³/mol. The summed E-state index contributed by atoms with van der Waals surface area (Å²) in [6, 6.07) is 11.5. The fourth-order valence-electron chi connectivity index (χ4n) is 2.89. The zero-order valence-electron chi connectivity index (χ0n) is 14.5. The Morgan fingerprint density at radius 3 is 2.65 bits per heavy atom. The number of hydrogen-bond acceptors (Lipinski definition) is 4. The van der Waals surface area contributed by atoms with Crippen LogP contribution in [0.2, 0.25) is 0 Å². The first kappa shape index (κ1) is 18.2. The Morgan fingerprint density at radius 2 is 1.96 bits per heavy atom. The van der Waals surface area contributed by atoms with Crippen LogP contribution in [0.25, 0.3) is 11.0 Å². The Labute approximate surface area is 158 Å². The van der Waals surface area contributed by atoms with E-state index in [0.29, 0.717) is 29.1 Å². The lowest BCUT2D eigenvalue weighted by molar-refractivity contribution is -0.117. The molecule has 5 nitrogen and oxygen atoms in total. The van der Waals surface area contributed by atoms with Gasteiger partial charge in [0.1, 0.15) is 17.9 Å². The molecule has 0 fully saturated rings. The van der Waals surface area contributed by atoms with E-state index in [1.54, 1.807) is 6.92 Å². The van der Waals surface area contributed by atoms with Crippen molar-refractivity contribution in [1.82, 2.24) is 0 Å². The lowest BCUT2D eigenvalue weighted by Crippen LogP contribution is -2.20. The number of amides is 1. The van der Waals surface area contributed by atoms with Crippen molar-refractivity contribution >= 4 is 32.8 Å². The monoisotopic (exact) mass is 415 g/mol. The number of fused-ring (bicyclic) bond motifs is 1. The second-order valence-corrected chi connectivity index (χ2v) is 7.04. The van der Waals surface area contributed by atoms with Gasteiger partial charge in [-0.1, -0.05) is 28.1 Å². The smallest absolute Gasteiger partial charge is 0.340 e. The first-order chi connectivity index (χ1) is 12.4. The Hall–Kier alpha value is -2.60. The molecule has 0 bridgehead atoms. The van der Waals surface area contributed by atoms with Crippen LogP contribution in [0.5, 0.6) is 5.75 Å². The Kier molecular flexibility index (Phi) is 5.13. The largest absolute Gasteiger partial charge is 0.488 e. The van der Waals surface area contributed by atoms with Crippen molar-refractivity contribution in [2.75, 3.05) is 0 Å². The number of carbonyl (C=O) groups is 1. The molecule has 0 radical (unpaired) electrons. The fourth-order valence-corrected chi connectivity index (χ4v) is 3.34. The minimum absolute atomic E-state index is 0.135. The number of carbonyl (C=O) groups excluding carboxylic acids is 1. The van der Waals surface area contributed by atoms with E-state index in [-0.39, 0.29) is 6.42 Å². The number of halogens is 1. The molecule has 1 aromatic heterocycles. The number of primary amides is 1. The van der Waals surface area contributed by atoms with Gasteiger partial charge in [0.2, 0.25) is 5.91 Å². The summed E-state index contributed by atoms with van der Waals surface area (Å²) >= 11 is 3.44. The quantitative estimate of drug-likeness (QED) is 0.642. The van der Waals surface area contributed by atoms with E-state index in [2.05, 4.69) is 15.9 Å². The van der Waals surface area contributed by atoms with Crippen molar-refractivity contribution in [1.29, 1.82) is 0 Å². The molecule has 0 aliphatic rings. The third-order valence-electron chi connectivity index (χ3n) is 4.29. The van der Waals surface area contributed by atoms with E-state index < -0.39 is 11.5 Å². The van der Waals surface area contributed by atoms with Crippen molar-refractivity contribution in [2.45, 2.75) is 26.9 Å². The summed E-state index contributed by atoms with van der Waals surface area (Å²) in [5, 5.41) is 0.771. The minimum atomic E-state index is -0.564. The summed E-state index contributed by atoms with van der Waals surface area (Å²) in [6.45, 7) is 4.03. The number of rotatable bonds is 5. The fraction of sp³-hybridized carbons (Fsp3) is 0.200. The highest BCUT2D eigenvalue weighted by Crippen LogP contribution is 2.30. The topological polar surface area (TPSA) is 82.5 Å². The number of ether oxygens (including phenoxy) is 1. The van der Waals surface area contributed by atoms with Crippen molar-refractivity contribution in [3.8, 4) is 5.75 Å². The van der Waals surface area contributed by atoms with E-state index in [1.165, 1.54) is 0 Å². The van der Waals surface area contributed by atoms with Gasteiger partial charge in [-0.3, -0.25) is 4.79 Å². The molecule has 3 aromatic rings. The molecule has 26 heavy (non-hydrogen) atoms. The number of nitrogens with two attached hydrogens (primary N) is 1. The van der Waals surface area contributed by atoms with E-state index in [1.807, 2.05) is 43.3 Å². The molecule has 0 aliphatic heterocycles. The molecule has 0 spiro atoms. The van der Waals surface area contributed by atoms with Crippen LogP contribution in [0.4, 0.5) is 0 Å². The molecule has 6 heteroatoms. The molecule has 3 rings (SSSR count). The Balaban J connectivity index is 1.98. The Morgan fingerprint density at radius 1 is 1.19 bits per heavy atom. The predicted octanol–water partition coefficient (Wildman–Crippen LogP) is 3.78. The van der Waals surface area contributed by atoms with Gasteiger partial charge in [0.25, 0.3) is 0 Å². The molecule has 0 unspecified atom stereocenters. The summed E-state index contributed by atoms with van der Waals surface area (Å²) in [4.78, 5) is 23.4. The molecule has 134 valence electrons. The summed E-state index contributed by atoms with van der Waals surface area (Å²) < 4.78 is 12.4. The molecule has 1 heterocycles. The van der Waals surface area contributed by atoms with Gasteiger partial charge in [-0.15, -0.1) is 0 Å². The van der Waals surface area contributed by atoms with Gasteiger partial charge in [0.15, 0.2) is 0 Å². The van der Waals surface area contributed by atoms with Gasteiger partial charge in [-0.2, -0.15) is 0 Å². The van der Waals surface area contributed by atoms with Gasteiger partial charge in [-0.05, 0) is 49.2 Å². The highest BCUT2D eigenvalue weighted by Gasteiger charge is 2.16. The van der Waals surface area contributed by atoms with Gasteiger partial charge in [0, 0.05) is 15.4 Å². The molecule has 0 saturated heterocycles. The van der Waals surface area contributed by atoms with Gasteiger partial charge in [-0.25, -0.2) is 4.79 Å². The van der Waals surface area contributed by atoms with Crippen LogP contribution in [-0.4, -0.2) is 5.91 Å². The summed E-state index contributed by atoms with van der Waals surface area (Å²) in [5.74, 6) is 0.0770. The van der Waals surface area contributed by atoms with E-state index in [9.17, 15) is 9.59 Å². The van der Waals surface area contributed by atoms with Crippen molar-refractivity contribution in [3.05, 3.63) is 73.5 Å². The molecule has 0 atom stereocenters. The first-order valence-electron chi connectivity index (χ1n) is 8.08. The SMILES string of the molecule is Cc1c(CC(N)=O)c(=O)oc2c(C)c(OCc3cccc(Br)c3)ccc12. The van der Waals surface area contributed by atoms with Gasteiger partial charge < -0.3 is 14.9 Å². The molecular formula is C20H18BrNO4. The van der Waals surface area contributed by atoms with Crippen molar-refractivity contribution in [3.63, 3.8) is 0 Å². The van der Waals surface area contributed by atoms with E-state index >= 15 is 0 Å². The average Bonchev–Trinajstić information content (AvgIpc) is 2.58. The second-order valence-electron chi connectivity index (χ2n) is 6.12. The van der Waals surface area contributed by atoms with Crippen LogP contribution < -0.4 is 16.1 Å².